The first kappa shape index (κ1) is 15.7. The van der Waals surface area contributed by atoms with Crippen LogP contribution in [-0.4, -0.2) is 22.0 Å². The van der Waals surface area contributed by atoms with Gasteiger partial charge in [-0.15, -0.1) is 0 Å². The van der Waals surface area contributed by atoms with Crippen molar-refractivity contribution in [2.24, 2.45) is 0 Å². The molecular weight excluding hydrogens is 308 g/mol. The molecule has 7 nitrogen and oxygen atoms in total. The van der Waals surface area contributed by atoms with E-state index in [1.165, 1.54) is 25.1 Å². The topological polar surface area (TPSA) is 90.2 Å². The molecule has 0 atom stereocenters. The zero-order chi connectivity index (χ0) is 17.1. The predicted molar refractivity (Wildman–Crippen MR) is 91.8 cm³/mol. The number of ether oxygens (including phenoxy) is 1. The molecular formula is C17H16N4O3. The van der Waals surface area contributed by atoms with Crippen molar-refractivity contribution in [2.75, 3.05) is 12.4 Å². The predicted octanol–water partition coefficient (Wildman–Crippen LogP) is 3.85. The molecule has 122 valence electrons. The van der Waals surface area contributed by atoms with Crippen molar-refractivity contribution < 1.29 is 9.66 Å². The summed E-state index contributed by atoms with van der Waals surface area (Å²) in [5.74, 6) is 0.684. The van der Waals surface area contributed by atoms with Crippen molar-refractivity contribution in [1.82, 2.24) is 9.97 Å². The molecule has 0 aliphatic carbocycles. The zero-order valence-electron chi connectivity index (χ0n) is 13.3. The maximum absolute atomic E-state index is 11.2. The molecule has 0 amide bonds. The molecule has 0 fully saturated rings. The average molecular weight is 324 g/mol. The van der Waals surface area contributed by atoms with Gasteiger partial charge in [-0.1, -0.05) is 19.1 Å². The van der Waals surface area contributed by atoms with E-state index in [2.05, 4.69) is 22.2 Å². The van der Waals surface area contributed by atoms with E-state index in [1.54, 1.807) is 6.07 Å². The highest BCUT2D eigenvalue weighted by Gasteiger charge is 2.18. The van der Waals surface area contributed by atoms with Crippen LogP contribution in [0.2, 0.25) is 0 Å². The first-order valence-corrected chi connectivity index (χ1v) is 7.45. The number of nitro groups is 1. The van der Waals surface area contributed by atoms with E-state index < -0.39 is 4.92 Å². The van der Waals surface area contributed by atoms with E-state index >= 15 is 0 Å². The second-order valence-corrected chi connectivity index (χ2v) is 5.20. The van der Waals surface area contributed by atoms with Crippen molar-refractivity contribution in [3.63, 3.8) is 0 Å². The van der Waals surface area contributed by atoms with Gasteiger partial charge in [-0.2, -0.15) is 0 Å². The van der Waals surface area contributed by atoms with Crippen LogP contribution >= 0.6 is 0 Å². The Morgan fingerprint density at radius 1 is 1.25 bits per heavy atom. The van der Waals surface area contributed by atoms with Gasteiger partial charge in [-0.3, -0.25) is 10.1 Å². The summed E-state index contributed by atoms with van der Waals surface area (Å²) >= 11 is 0. The summed E-state index contributed by atoms with van der Waals surface area (Å²) in [4.78, 5) is 19.2. The lowest BCUT2D eigenvalue weighted by molar-refractivity contribution is -0.385. The number of rotatable bonds is 5. The fourth-order valence-corrected chi connectivity index (χ4v) is 2.48. The average Bonchev–Trinajstić information content (AvgIpc) is 2.61. The summed E-state index contributed by atoms with van der Waals surface area (Å²) in [6, 6.07) is 10.9. The summed E-state index contributed by atoms with van der Waals surface area (Å²) in [6.45, 7) is 2.08. The molecule has 0 saturated heterocycles. The molecule has 0 aliphatic rings. The number of aromatic nitrogens is 2. The summed E-state index contributed by atoms with van der Waals surface area (Å²) in [6.07, 6.45) is 2.34. The molecule has 0 spiro atoms. The SMILES string of the molecule is CCc1cccc(Nc2ncnc3cc(OC)c([N+](=O)[O-])cc23)c1. The lowest BCUT2D eigenvalue weighted by Gasteiger charge is -2.10. The van der Waals surface area contributed by atoms with Gasteiger partial charge in [0.15, 0.2) is 5.75 Å². The van der Waals surface area contributed by atoms with Gasteiger partial charge in [0.05, 0.1) is 22.9 Å². The molecule has 24 heavy (non-hydrogen) atoms. The number of nitrogens with zero attached hydrogens (tertiary/aromatic N) is 3. The lowest BCUT2D eigenvalue weighted by Crippen LogP contribution is -1.99. The minimum atomic E-state index is -0.479. The second-order valence-electron chi connectivity index (χ2n) is 5.20. The van der Waals surface area contributed by atoms with Gasteiger partial charge in [0.2, 0.25) is 0 Å². The van der Waals surface area contributed by atoms with Crippen molar-refractivity contribution in [3.05, 3.63) is 58.4 Å². The molecule has 0 bridgehead atoms. The highest BCUT2D eigenvalue weighted by atomic mass is 16.6. The Hall–Kier alpha value is -3.22. The van der Waals surface area contributed by atoms with E-state index in [0.717, 1.165) is 12.1 Å². The Morgan fingerprint density at radius 3 is 2.79 bits per heavy atom. The smallest absolute Gasteiger partial charge is 0.311 e. The van der Waals surface area contributed by atoms with Crippen LogP contribution in [-0.2, 0) is 6.42 Å². The van der Waals surface area contributed by atoms with E-state index in [9.17, 15) is 10.1 Å². The molecule has 0 unspecified atom stereocenters. The lowest BCUT2D eigenvalue weighted by atomic mass is 10.1. The van der Waals surface area contributed by atoms with Crippen molar-refractivity contribution >= 4 is 28.1 Å². The monoisotopic (exact) mass is 324 g/mol. The normalized spacial score (nSPS) is 10.6. The minimum absolute atomic E-state index is 0.120. The Bertz CT molecular complexity index is 911. The summed E-state index contributed by atoms with van der Waals surface area (Å²) in [5, 5.41) is 15.0. The van der Waals surface area contributed by atoms with Crippen LogP contribution in [0.5, 0.6) is 5.75 Å². The fourth-order valence-electron chi connectivity index (χ4n) is 2.48. The van der Waals surface area contributed by atoms with Crippen LogP contribution in [0.15, 0.2) is 42.7 Å². The summed E-state index contributed by atoms with van der Waals surface area (Å²) in [5.41, 5.74) is 2.51. The number of hydrogen-bond donors (Lipinski definition) is 1. The molecule has 1 aromatic heterocycles. The second kappa shape index (κ2) is 6.49. The van der Waals surface area contributed by atoms with Crippen LogP contribution in [0.25, 0.3) is 10.9 Å². The van der Waals surface area contributed by atoms with Gasteiger partial charge in [0.25, 0.3) is 0 Å². The Labute approximate surface area is 138 Å². The highest BCUT2D eigenvalue weighted by molar-refractivity contribution is 5.93. The maximum atomic E-state index is 11.2. The van der Waals surface area contributed by atoms with Crippen LogP contribution in [0, 0.1) is 10.1 Å². The van der Waals surface area contributed by atoms with Gasteiger partial charge in [0, 0.05) is 17.8 Å². The van der Waals surface area contributed by atoms with E-state index in [-0.39, 0.29) is 11.4 Å². The first-order chi connectivity index (χ1) is 11.6. The molecule has 0 radical (unpaired) electrons. The van der Waals surface area contributed by atoms with Gasteiger partial charge >= 0.3 is 5.69 Å². The number of methoxy groups -OCH3 is 1. The molecule has 2 aromatic carbocycles. The van der Waals surface area contributed by atoms with Gasteiger partial charge in [0.1, 0.15) is 12.1 Å². The van der Waals surface area contributed by atoms with Gasteiger partial charge < -0.3 is 10.1 Å². The third-order valence-electron chi connectivity index (χ3n) is 3.73. The quantitative estimate of drug-likeness (QED) is 0.566. The summed E-state index contributed by atoms with van der Waals surface area (Å²) in [7, 11) is 1.39. The van der Waals surface area contributed by atoms with E-state index in [1.807, 2.05) is 24.3 Å². The van der Waals surface area contributed by atoms with E-state index in [4.69, 9.17) is 4.74 Å². The largest absolute Gasteiger partial charge is 0.490 e. The van der Waals surface area contributed by atoms with Crippen LogP contribution in [0.1, 0.15) is 12.5 Å². The Balaban J connectivity index is 2.10. The van der Waals surface area contributed by atoms with Crippen molar-refractivity contribution in [1.29, 1.82) is 0 Å². The number of anilines is 2. The third kappa shape index (κ3) is 2.96. The number of nitrogens with one attached hydrogen (secondary N) is 1. The molecule has 7 heteroatoms. The van der Waals surface area contributed by atoms with Crippen LogP contribution < -0.4 is 10.1 Å². The summed E-state index contributed by atoms with van der Waals surface area (Å²) < 4.78 is 5.08. The number of aryl methyl sites for hydroxylation is 1. The maximum Gasteiger partial charge on any atom is 0.311 e. The van der Waals surface area contributed by atoms with Gasteiger partial charge in [-0.05, 0) is 24.1 Å². The first-order valence-electron chi connectivity index (χ1n) is 7.45. The molecule has 1 heterocycles. The zero-order valence-corrected chi connectivity index (χ0v) is 13.3. The highest BCUT2D eigenvalue weighted by Crippen LogP contribution is 2.34. The number of nitro benzene ring substituents is 1. The number of fused-ring (bicyclic) bond motifs is 1. The third-order valence-corrected chi connectivity index (χ3v) is 3.73. The molecule has 3 rings (SSSR count). The molecule has 0 saturated carbocycles. The molecule has 0 aliphatic heterocycles. The molecule has 1 N–H and O–H groups in total. The van der Waals surface area contributed by atoms with Crippen molar-refractivity contribution in [2.45, 2.75) is 13.3 Å². The van der Waals surface area contributed by atoms with Gasteiger partial charge in [-0.25, -0.2) is 9.97 Å². The Morgan fingerprint density at radius 2 is 2.08 bits per heavy atom. The van der Waals surface area contributed by atoms with E-state index in [0.29, 0.717) is 16.7 Å². The molecule has 3 aromatic rings. The number of benzene rings is 2. The standard InChI is InChI=1S/C17H16N4O3/c1-3-11-5-4-6-12(7-11)20-17-13-8-15(21(22)23)16(24-2)9-14(13)18-10-19-17/h4-10H,3H2,1-2H3,(H,18,19,20). The minimum Gasteiger partial charge on any atom is -0.490 e. The van der Waals surface area contributed by atoms with Crippen LogP contribution in [0.3, 0.4) is 0 Å². The van der Waals surface area contributed by atoms with Crippen molar-refractivity contribution in [3.8, 4) is 5.75 Å². The number of hydrogen-bond acceptors (Lipinski definition) is 6. The van der Waals surface area contributed by atoms with Crippen LogP contribution in [0.4, 0.5) is 17.2 Å². The Kier molecular flexibility index (Phi) is 4.24. The fraction of sp³-hybridized carbons (Fsp3) is 0.176.